The summed E-state index contributed by atoms with van der Waals surface area (Å²) < 4.78 is 207. The number of nitrogens with one attached hydrogen (secondary N) is 5. The van der Waals surface area contributed by atoms with E-state index in [1.165, 1.54) is 56.0 Å². The van der Waals surface area contributed by atoms with Gasteiger partial charge < -0.3 is 38.9 Å². The summed E-state index contributed by atoms with van der Waals surface area (Å²) in [5.74, 6) is -7.57. The van der Waals surface area contributed by atoms with E-state index < -0.39 is 159 Å². The van der Waals surface area contributed by atoms with Gasteiger partial charge in [-0.05, 0) is 68.7 Å². The molecule has 3 heterocycles. The number of aromatic nitrogens is 8. The molecule has 9 N–H and O–H groups in total. The van der Waals surface area contributed by atoms with Crippen molar-refractivity contribution in [3.05, 3.63) is 116 Å². The molecule has 0 radical (unpaired) electrons. The van der Waals surface area contributed by atoms with Crippen LogP contribution in [0.3, 0.4) is 0 Å². The lowest BCUT2D eigenvalue weighted by Gasteiger charge is -2.13. The highest BCUT2D eigenvalue weighted by atomic mass is 35.5. The lowest BCUT2D eigenvalue weighted by atomic mass is 10.1. The predicted molar refractivity (Wildman–Crippen MR) is 301 cm³/mol. The number of carboxylic acid groups (broad SMARTS) is 2. The quantitative estimate of drug-likeness (QED) is 0.0143. The van der Waals surface area contributed by atoms with Crippen LogP contribution < -0.4 is 45.3 Å². The zero-order valence-corrected chi connectivity index (χ0v) is 51.7. The van der Waals surface area contributed by atoms with Crippen molar-refractivity contribution in [2.75, 3.05) is 37.2 Å². The number of alkyl halides is 10. The molecule has 32 nitrogen and oxygen atoms in total. The second-order valence-electron chi connectivity index (χ2n) is 17.3. The highest BCUT2D eigenvalue weighted by Crippen LogP contribution is 2.32. The van der Waals surface area contributed by atoms with Crippen LogP contribution in [-0.4, -0.2) is 157 Å². The maximum absolute atomic E-state index is 14.2. The molecule has 0 aliphatic rings. The Morgan fingerprint density at radius 2 is 1.30 bits per heavy atom. The third-order valence-corrected chi connectivity index (χ3v) is 14.5. The van der Waals surface area contributed by atoms with Crippen LogP contribution in [-0.2, 0) is 51.8 Å². The fourth-order valence-electron chi connectivity index (χ4n) is 6.68. The van der Waals surface area contributed by atoms with E-state index in [0.29, 0.717) is 10.7 Å². The topological polar surface area (TPSA) is 453 Å². The van der Waals surface area contributed by atoms with Gasteiger partial charge in [0.2, 0.25) is 23.7 Å². The normalized spacial score (nSPS) is 11.8. The number of esters is 1. The van der Waals surface area contributed by atoms with Crippen molar-refractivity contribution in [1.82, 2.24) is 54.0 Å². The number of urea groups is 2. The molecule has 1 unspecified atom stereocenters. The molecule has 0 fully saturated rings. The van der Waals surface area contributed by atoms with E-state index in [1.54, 1.807) is 17.0 Å². The fourth-order valence-corrected chi connectivity index (χ4v) is 9.82. The molecule has 1 atom stereocenters. The molecule has 6 aromatic rings. The van der Waals surface area contributed by atoms with Crippen LogP contribution >= 0.6 is 30.8 Å². The monoisotopic (exact) mass is 1450 g/mol. The first-order chi connectivity index (χ1) is 43.6. The number of amides is 4. The zero-order valence-electron chi connectivity index (χ0n) is 47.7. The van der Waals surface area contributed by atoms with Crippen molar-refractivity contribution in [2.45, 2.75) is 81.2 Å². The number of halogens is 12. The predicted octanol–water partition coefficient (Wildman–Crippen LogP) is 6.12. The lowest BCUT2D eigenvalue weighted by molar-refractivity contribution is -0.142. The number of rotatable bonds is 24. The summed E-state index contributed by atoms with van der Waals surface area (Å²) in [5.41, 5.74) is -2.08. The summed E-state index contributed by atoms with van der Waals surface area (Å²) in [6.07, 6.45) is -6.91. The van der Waals surface area contributed by atoms with E-state index in [-0.39, 0.29) is 63.0 Å². The van der Waals surface area contributed by atoms with Gasteiger partial charge in [-0.15, -0.1) is 16.7 Å². The second-order valence-corrected chi connectivity index (χ2v) is 23.2. The average molecular weight is 1450 g/mol. The van der Waals surface area contributed by atoms with Gasteiger partial charge in [0.15, 0.2) is 5.82 Å². The number of nitrogens with zero attached hydrogens (tertiary/aromatic N) is 8. The van der Waals surface area contributed by atoms with E-state index in [9.17, 15) is 94.1 Å². The summed E-state index contributed by atoms with van der Waals surface area (Å²) in [5, 5.41) is 25.4. The second kappa shape index (κ2) is 35.3. The molecule has 0 aliphatic carbocycles. The van der Waals surface area contributed by atoms with Crippen molar-refractivity contribution in [3.63, 3.8) is 0 Å². The molecule has 94 heavy (non-hydrogen) atoms. The molecule has 0 bridgehead atoms. The summed E-state index contributed by atoms with van der Waals surface area (Å²) in [4.78, 5) is 102. The standard InChI is InChI=1S/C15H14Cl2F3N3O3.C15H16F3N5O4S.C14H10F4N4O7S.C3H8NO5P/c1-3-26-13(24)10(17)4-8-5-12(11(18)6-9(8)16)23-15(25)22(14(19)20)7(2)21-23;1-9-19-12(22-14(20-9)27-2)21-13(24)23-28(25,26)11-6-4-3-5-10(11)7-8-15(16,17)18;15-11(16)28-8-5-9(29-12(17)18)20-13(19-8)21-14(25)22-30(26,27)7-4-2-1-3-6(7)10(23)24;5-3(6)1-4-2-10(7,8)9/h5-6,10,14H,3-4H2,1-2H3;3-6H,7-8H2,1-2H3,(H2,19,20,21,22,23,24);1-5,11-12H,(H,23,24)(H2,19,20,21,22,25);4H,1-2H2,(H,5,6)(H2,7,8,9). The Morgan fingerprint density at radius 1 is 0.766 bits per heavy atom. The van der Waals surface area contributed by atoms with Crippen molar-refractivity contribution in [3.8, 4) is 23.5 Å². The van der Waals surface area contributed by atoms with Gasteiger partial charge in [-0.1, -0.05) is 41.9 Å². The summed E-state index contributed by atoms with van der Waals surface area (Å²) in [6, 6.07) is 9.06. The largest absolute Gasteiger partial charge is 0.480 e. The number of carbonyl (C=O) groups excluding carboxylic acids is 3. The maximum Gasteiger partial charge on any atom is 0.389 e. The molecule has 0 saturated carbocycles. The van der Waals surface area contributed by atoms with Gasteiger partial charge in [-0.25, -0.2) is 54.4 Å². The van der Waals surface area contributed by atoms with Gasteiger partial charge in [0.25, 0.3) is 20.0 Å². The summed E-state index contributed by atoms with van der Waals surface area (Å²) >= 11 is 11.9. The van der Waals surface area contributed by atoms with Crippen LogP contribution in [0, 0.1) is 19.7 Å². The Hall–Kier alpha value is -9.07. The number of aliphatic carboxylic acids is 1. The Kier molecular flexibility index (Phi) is 29.7. The first kappa shape index (κ1) is 79.2. The van der Waals surface area contributed by atoms with Crippen LogP contribution in [0.4, 0.5) is 65.4 Å². The molecule has 0 aliphatic heterocycles. The van der Waals surface area contributed by atoms with Crippen LogP contribution in [0.25, 0.3) is 5.69 Å². The van der Waals surface area contributed by atoms with Gasteiger partial charge in [0.1, 0.15) is 27.6 Å². The van der Waals surface area contributed by atoms with Crippen molar-refractivity contribution in [2.24, 2.45) is 0 Å². The number of aryl methyl sites for hydroxylation is 3. The first-order valence-electron chi connectivity index (χ1n) is 25.0. The van der Waals surface area contributed by atoms with Crippen molar-refractivity contribution >= 4 is 92.7 Å². The zero-order chi connectivity index (χ0) is 71.2. The highest BCUT2D eigenvalue weighted by Gasteiger charge is 2.30. The van der Waals surface area contributed by atoms with Gasteiger partial charge in [0, 0.05) is 17.9 Å². The fraction of sp³-hybridized carbons (Fsp3) is 0.319. The molecular formula is C47H48Cl2F10N13O19PS2. The number of benzene rings is 3. The molecule has 3 aromatic carbocycles. The molecule has 516 valence electrons. The number of ether oxygens (including phenoxy) is 4. The highest BCUT2D eigenvalue weighted by molar-refractivity contribution is 7.90. The van der Waals surface area contributed by atoms with Crippen molar-refractivity contribution in [1.29, 1.82) is 0 Å². The number of methoxy groups -OCH3 is 1. The minimum atomic E-state index is -4.71. The average Bonchev–Trinajstić information content (AvgIpc) is 1.55. The summed E-state index contributed by atoms with van der Waals surface area (Å²) in [7, 11) is -12.0. The number of hydrogen-bond acceptors (Lipinski definition) is 22. The number of aromatic carboxylic acids is 1. The SMILES string of the molecule is CCOC(=O)C(Cl)Cc1cc(-n2nc(C)n(C(F)F)c2=O)c(F)cc1Cl.COc1nc(C)nc(NC(=O)NS(=O)(=O)c2ccccc2CCC(F)(F)F)n1.O=C(Nc1nc(OC(F)F)cc(OC(F)F)n1)NS(=O)(=O)c1ccccc1C(=O)O.O=C(O)CNCP(=O)(O)O. The van der Waals surface area contributed by atoms with E-state index in [4.69, 9.17) is 52.7 Å². The number of carbonyl (C=O) groups is 5. The minimum absolute atomic E-state index is 0.0424. The molecule has 0 saturated heterocycles. The van der Waals surface area contributed by atoms with Crippen LogP contribution in [0.2, 0.25) is 5.02 Å². The number of anilines is 2. The van der Waals surface area contributed by atoms with Gasteiger partial charge in [-0.3, -0.25) is 30.1 Å². The summed E-state index contributed by atoms with van der Waals surface area (Å²) in [6.45, 7) is -5.95. The minimum Gasteiger partial charge on any atom is -0.480 e. The Morgan fingerprint density at radius 3 is 1.79 bits per heavy atom. The molecule has 47 heteroatoms. The molecule has 6 rings (SSSR count). The first-order valence-corrected chi connectivity index (χ1v) is 30.6. The van der Waals surface area contributed by atoms with Gasteiger partial charge in [0.05, 0.1) is 43.1 Å². The van der Waals surface area contributed by atoms with E-state index in [2.05, 4.69) is 50.1 Å². The molecule has 0 spiro atoms. The smallest absolute Gasteiger partial charge is 0.389 e. The van der Waals surface area contributed by atoms with Crippen molar-refractivity contribution < 1.29 is 128 Å². The maximum atomic E-state index is 14.2. The molecular weight excluding hydrogens is 1410 g/mol. The number of hydrogen-bond donors (Lipinski definition) is 9. The van der Waals surface area contributed by atoms with Gasteiger partial charge in [-0.2, -0.15) is 69.1 Å². The number of sulfonamides is 2. The van der Waals surface area contributed by atoms with E-state index in [1.807, 2.05) is 0 Å². The van der Waals surface area contributed by atoms with E-state index in [0.717, 1.165) is 30.3 Å². The number of carboxylic acids is 2. The molecule has 3 aromatic heterocycles. The lowest BCUT2D eigenvalue weighted by Crippen LogP contribution is -2.35. The van der Waals surface area contributed by atoms with Crippen LogP contribution in [0.15, 0.2) is 81.3 Å². The Balaban J connectivity index is 0.000000343. The van der Waals surface area contributed by atoms with E-state index >= 15 is 0 Å². The Bertz CT molecular complexity index is 3990. The third kappa shape index (κ3) is 26.5. The molecule has 4 amide bonds. The third-order valence-electron chi connectivity index (χ3n) is 10.3. The van der Waals surface area contributed by atoms with Crippen LogP contribution in [0.5, 0.6) is 17.8 Å². The van der Waals surface area contributed by atoms with Gasteiger partial charge >= 0.3 is 75.2 Å². The Labute approximate surface area is 531 Å². The van der Waals surface area contributed by atoms with Crippen LogP contribution in [0.1, 0.15) is 53.0 Å².